The fourth-order valence-corrected chi connectivity index (χ4v) is 5.58. The Morgan fingerprint density at radius 2 is 1.72 bits per heavy atom. The van der Waals surface area contributed by atoms with Gasteiger partial charge in [-0.1, -0.05) is 69.2 Å². The summed E-state index contributed by atoms with van der Waals surface area (Å²) >= 11 is 0. The normalized spacial score (nSPS) is 18.7. The molecule has 1 N–H and O–H groups in total. The largest absolute Gasteiger partial charge is 0.492 e. The molecule has 0 aliphatic heterocycles. The fraction of sp³-hybridized carbons (Fsp3) is 0.556. The monoisotopic (exact) mass is 440 g/mol. The summed E-state index contributed by atoms with van der Waals surface area (Å²) in [7, 11) is 0. The van der Waals surface area contributed by atoms with E-state index >= 15 is 0 Å². The van der Waals surface area contributed by atoms with Gasteiger partial charge in [0, 0.05) is 17.2 Å². The van der Waals surface area contributed by atoms with Crippen LogP contribution in [0.1, 0.15) is 87.4 Å². The number of benzene rings is 2. The average molecular weight is 441 g/mol. The number of fused-ring (bicyclic) bond motifs is 1. The minimum absolute atomic E-state index is 0.0864. The zero-order valence-corrected chi connectivity index (χ0v) is 18.7. The molecule has 0 heterocycles. The molecule has 2 fully saturated rings. The Morgan fingerprint density at radius 3 is 2.41 bits per heavy atom. The van der Waals surface area contributed by atoms with E-state index in [1.54, 1.807) is 18.2 Å². The summed E-state index contributed by atoms with van der Waals surface area (Å²) in [5, 5.41) is 10.8. The van der Waals surface area contributed by atoms with E-state index in [-0.39, 0.29) is 24.2 Å². The zero-order chi connectivity index (χ0) is 22.6. The van der Waals surface area contributed by atoms with Gasteiger partial charge in [-0.2, -0.15) is 0 Å². The molecule has 2 aromatic carbocycles. The van der Waals surface area contributed by atoms with Crippen molar-refractivity contribution in [3.8, 4) is 5.75 Å². The summed E-state index contributed by atoms with van der Waals surface area (Å²) in [5.74, 6) is -0.422. The first-order valence-electron chi connectivity index (χ1n) is 12.1. The molecule has 2 saturated carbocycles. The number of carboxylic acid groups (broad SMARTS) is 1. The summed E-state index contributed by atoms with van der Waals surface area (Å²) < 4.78 is 21.0. The molecule has 5 heteroatoms. The second kappa shape index (κ2) is 10.0. The lowest BCUT2D eigenvalue weighted by Crippen LogP contribution is -2.28. The van der Waals surface area contributed by atoms with E-state index in [4.69, 9.17) is 4.74 Å². The van der Waals surface area contributed by atoms with E-state index in [9.17, 15) is 19.1 Å². The number of carbonyl (C=O) groups excluding carboxylic acids is 1. The van der Waals surface area contributed by atoms with Gasteiger partial charge in [0.25, 0.3) is 0 Å². The van der Waals surface area contributed by atoms with Gasteiger partial charge < -0.3 is 9.84 Å². The van der Waals surface area contributed by atoms with Gasteiger partial charge in [0.05, 0.1) is 17.6 Å². The van der Waals surface area contributed by atoms with Gasteiger partial charge in [-0.25, -0.2) is 4.39 Å². The molecule has 0 spiro atoms. The van der Waals surface area contributed by atoms with Crippen LogP contribution in [-0.2, 0) is 4.79 Å². The number of hydrogen-bond donors (Lipinski definition) is 1. The third-order valence-electron chi connectivity index (χ3n) is 7.59. The highest BCUT2D eigenvalue weighted by Gasteiger charge is 2.41. The van der Waals surface area contributed by atoms with Crippen molar-refractivity contribution in [2.24, 2.45) is 11.3 Å². The number of halogens is 1. The molecule has 2 aliphatic rings. The minimum Gasteiger partial charge on any atom is -0.492 e. The smallest absolute Gasteiger partial charge is 0.309 e. The van der Waals surface area contributed by atoms with Crippen LogP contribution >= 0.6 is 0 Å². The van der Waals surface area contributed by atoms with Crippen LogP contribution < -0.4 is 4.74 Å². The minimum atomic E-state index is -0.826. The number of carboxylic acids is 1. The number of Topliss-reactive ketones (excluding diaryl/α,β-unsaturated/α-hetero) is 1. The van der Waals surface area contributed by atoms with Gasteiger partial charge in [-0.3, -0.25) is 9.59 Å². The second-order valence-electron chi connectivity index (χ2n) is 9.64. The Balaban J connectivity index is 1.55. The molecule has 32 heavy (non-hydrogen) atoms. The molecule has 0 amide bonds. The highest BCUT2D eigenvalue weighted by Crippen LogP contribution is 2.43. The predicted molar refractivity (Wildman–Crippen MR) is 123 cm³/mol. The Labute approximate surface area is 189 Å². The molecule has 0 unspecified atom stereocenters. The lowest BCUT2D eigenvalue weighted by atomic mass is 9.80. The molecule has 0 aromatic heterocycles. The lowest BCUT2D eigenvalue weighted by molar-refractivity contribution is -0.149. The molecule has 2 aliphatic carbocycles. The SMILES string of the molecule is O=C(CCC1(C(=O)O)CCCC1)c1cc(F)c2ccccc2c1OCCC1CCCCC1. The summed E-state index contributed by atoms with van der Waals surface area (Å²) in [5.41, 5.74) is -0.587. The van der Waals surface area contributed by atoms with Crippen molar-refractivity contribution in [3.63, 3.8) is 0 Å². The molecular weight excluding hydrogens is 407 g/mol. The number of rotatable bonds is 9. The van der Waals surface area contributed by atoms with Crippen molar-refractivity contribution in [2.75, 3.05) is 6.61 Å². The molecular formula is C27H33FO4. The maximum atomic E-state index is 14.8. The van der Waals surface area contributed by atoms with Gasteiger partial charge in [0.1, 0.15) is 11.6 Å². The van der Waals surface area contributed by atoms with E-state index in [0.29, 0.717) is 41.9 Å². The van der Waals surface area contributed by atoms with Crippen molar-refractivity contribution in [1.29, 1.82) is 0 Å². The van der Waals surface area contributed by atoms with Crippen LogP contribution in [0, 0.1) is 17.2 Å². The Kier molecular flexibility index (Phi) is 7.12. The van der Waals surface area contributed by atoms with Gasteiger partial charge in [0.2, 0.25) is 0 Å². The van der Waals surface area contributed by atoms with E-state index < -0.39 is 17.2 Å². The molecule has 4 rings (SSSR count). The number of ether oxygens (including phenoxy) is 1. The third kappa shape index (κ3) is 4.82. The average Bonchev–Trinajstić information content (AvgIpc) is 3.30. The Bertz CT molecular complexity index is 971. The van der Waals surface area contributed by atoms with Crippen molar-refractivity contribution in [1.82, 2.24) is 0 Å². The summed E-state index contributed by atoms with van der Waals surface area (Å²) in [4.78, 5) is 25.1. The highest BCUT2D eigenvalue weighted by atomic mass is 19.1. The summed E-state index contributed by atoms with van der Waals surface area (Å²) in [6.07, 6.45) is 10.5. The van der Waals surface area contributed by atoms with Gasteiger partial charge >= 0.3 is 5.97 Å². The highest BCUT2D eigenvalue weighted by molar-refractivity contribution is 6.05. The van der Waals surface area contributed by atoms with Crippen LogP contribution in [0.15, 0.2) is 30.3 Å². The van der Waals surface area contributed by atoms with Crippen molar-refractivity contribution in [3.05, 3.63) is 41.7 Å². The van der Waals surface area contributed by atoms with E-state index in [0.717, 1.165) is 19.3 Å². The second-order valence-corrected chi connectivity index (χ2v) is 9.64. The molecule has 0 atom stereocenters. The van der Waals surface area contributed by atoms with E-state index in [1.807, 2.05) is 6.07 Å². The van der Waals surface area contributed by atoms with E-state index in [1.165, 1.54) is 38.2 Å². The Hall–Kier alpha value is -2.43. The third-order valence-corrected chi connectivity index (χ3v) is 7.59. The number of ketones is 1. The molecule has 2 aromatic rings. The molecule has 172 valence electrons. The molecule has 0 saturated heterocycles. The maximum absolute atomic E-state index is 14.8. The zero-order valence-electron chi connectivity index (χ0n) is 18.7. The van der Waals surface area contributed by atoms with Gasteiger partial charge in [-0.05, 0) is 37.7 Å². The van der Waals surface area contributed by atoms with Crippen LogP contribution in [0.3, 0.4) is 0 Å². The molecule has 0 radical (unpaired) electrons. The van der Waals surface area contributed by atoms with Crippen molar-refractivity contribution >= 4 is 22.5 Å². The number of hydrogen-bond acceptors (Lipinski definition) is 3. The first kappa shape index (κ1) is 22.8. The number of carbonyl (C=O) groups is 2. The van der Waals surface area contributed by atoms with Crippen molar-refractivity contribution in [2.45, 2.75) is 77.0 Å². The summed E-state index contributed by atoms with van der Waals surface area (Å²) in [6.45, 7) is 0.500. The summed E-state index contributed by atoms with van der Waals surface area (Å²) in [6, 6.07) is 8.37. The van der Waals surface area contributed by atoms with Crippen LogP contribution in [-0.4, -0.2) is 23.5 Å². The standard InChI is InChI=1S/C27H33FO4/c28-23-18-22(24(29)12-16-27(26(30)31)14-6-7-15-27)25(21-11-5-4-10-20(21)23)32-17-13-19-8-2-1-3-9-19/h4-5,10-11,18-19H,1-3,6-9,12-17H2,(H,30,31). The van der Waals surface area contributed by atoms with E-state index in [2.05, 4.69) is 0 Å². The number of aliphatic carboxylic acids is 1. The maximum Gasteiger partial charge on any atom is 0.309 e. The van der Waals surface area contributed by atoms with Gasteiger partial charge in [0.15, 0.2) is 5.78 Å². The van der Waals surface area contributed by atoms with Gasteiger partial charge in [-0.15, -0.1) is 0 Å². The van der Waals surface area contributed by atoms with Crippen LogP contribution in [0.25, 0.3) is 10.8 Å². The Morgan fingerprint density at radius 1 is 1.03 bits per heavy atom. The molecule has 4 nitrogen and oxygen atoms in total. The lowest BCUT2D eigenvalue weighted by Gasteiger charge is -2.24. The van der Waals surface area contributed by atoms with Crippen molar-refractivity contribution < 1.29 is 23.8 Å². The fourth-order valence-electron chi connectivity index (χ4n) is 5.58. The van der Waals surface area contributed by atoms with Crippen LogP contribution in [0.5, 0.6) is 5.75 Å². The molecule has 0 bridgehead atoms. The van der Waals surface area contributed by atoms with Crippen LogP contribution in [0.4, 0.5) is 4.39 Å². The first-order chi connectivity index (χ1) is 15.5. The topological polar surface area (TPSA) is 63.6 Å². The first-order valence-corrected chi connectivity index (χ1v) is 12.1. The predicted octanol–water partition coefficient (Wildman–Crippen LogP) is 6.94. The quantitative estimate of drug-likeness (QED) is 0.429. The van der Waals surface area contributed by atoms with Crippen LogP contribution in [0.2, 0.25) is 0 Å².